The minimum Gasteiger partial charge on any atom is -0.381 e. The molecule has 0 unspecified atom stereocenters. The molecular weight excluding hydrogens is 343 g/mol. The van der Waals surface area contributed by atoms with Crippen LogP contribution in [-0.4, -0.2) is 30.0 Å². The van der Waals surface area contributed by atoms with Crippen LogP contribution < -0.4 is 5.32 Å². The van der Waals surface area contributed by atoms with E-state index in [0.29, 0.717) is 44.0 Å². The van der Waals surface area contributed by atoms with Crippen LogP contribution in [0.15, 0.2) is 30.3 Å². The molecular formula is C19H22F3N3O. The van der Waals surface area contributed by atoms with Crippen LogP contribution in [0.25, 0.3) is 0 Å². The molecule has 2 heterocycles. The number of benzene rings is 1. The summed E-state index contributed by atoms with van der Waals surface area (Å²) in [5.41, 5.74) is 1.50. The fraction of sp³-hybridized carbons (Fsp3) is 0.474. The number of alkyl halides is 3. The molecule has 0 spiro atoms. The average Bonchev–Trinajstić information content (AvgIpc) is 2.63. The molecule has 4 nitrogen and oxygen atoms in total. The van der Waals surface area contributed by atoms with Crippen molar-refractivity contribution in [2.45, 2.75) is 38.3 Å². The Morgan fingerprint density at radius 3 is 2.50 bits per heavy atom. The number of aryl methyl sites for hydroxylation is 2. The SMILES string of the molecule is Cc1cc(NCC2(c3cccc(C(F)(F)F)c3)CCOCC2)nnc1C. The number of hydrogen-bond acceptors (Lipinski definition) is 4. The number of hydrogen-bond donors (Lipinski definition) is 1. The minimum atomic E-state index is -4.35. The predicted molar refractivity (Wildman–Crippen MR) is 93.2 cm³/mol. The zero-order valence-corrected chi connectivity index (χ0v) is 14.9. The van der Waals surface area contributed by atoms with Gasteiger partial charge in [0.2, 0.25) is 0 Å². The van der Waals surface area contributed by atoms with Gasteiger partial charge in [0.1, 0.15) is 5.82 Å². The number of nitrogens with one attached hydrogen (secondary N) is 1. The Morgan fingerprint density at radius 2 is 1.85 bits per heavy atom. The van der Waals surface area contributed by atoms with E-state index < -0.39 is 17.2 Å². The first kappa shape index (κ1) is 18.6. The maximum Gasteiger partial charge on any atom is 0.416 e. The molecule has 1 fully saturated rings. The van der Waals surface area contributed by atoms with Crippen LogP contribution in [0.2, 0.25) is 0 Å². The molecule has 0 bridgehead atoms. The maximum atomic E-state index is 13.1. The Morgan fingerprint density at radius 1 is 1.12 bits per heavy atom. The van der Waals surface area contributed by atoms with E-state index >= 15 is 0 Å². The van der Waals surface area contributed by atoms with Crippen molar-refractivity contribution in [1.29, 1.82) is 0 Å². The molecule has 1 saturated heterocycles. The molecule has 3 rings (SSSR count). The second-order valence-electron chi connectivity index (χ2n) is 6.82. The molecule has 1 aromatic carbocycles. The molecule has 0 saturated carbocycles. The lowest BCUT2D eigenvalue weighted by Crippen LogP contribution is -2.40. The normalized spacial score (nSPS) is 17.1. The highest BCUT2D eigenvalue weighted by atomic mass is 19.4. The number of aromatic nitrogens is 2. The fourth-order valence-electron chi connectivity index (χ4n) is 3.25. The molecule has 26 heavy (non-hydrogen) atoms. The zero-order chi connectivity index (χ0) is 18.8. The van der Waals surface area contributed by atoms with Crippen molar-refractivity contribution >= 4 is 5.82 Å². The monoisotopic (exact) mass is 365 g/mol. The second-order valence-corrected chi connectivity index (χ2v) is 6.82. The fourth-order valence-corrected chi connectivity index (χ4v) is 3.25. The van der Waals surface area contributed by atoms with E-state index in [9.17, 15) is 13.2 Å². The number of rotatable bonds is 4. The van der Waals surface area contributed by atoms with E-state index in [4.69, 9.17) is 4.74 Å². The third-order valence-corrected chi connectivity index (χ3v) is 5.09. The van der Waals surface area contributed by atoms with Crippen molar-refractivity contribution in [3.63, 3.8) is 0 Å². The van der Waals surface area contributed by atoms with E-state index in [0.717, 1.165) is 17.3 Å². The summed E-state index contributed by atoms with van der Waals surface area (Å²) in [5.74, 6) is 0.631. The largest absolute Gasteiger partial charge is 0.416 e. The second kappa shape index (κ2) is 7.23. The molecule has 1 aromatic heterocycles. The molecule has 2 aromatic rings. The molecule has 0 aliphatic carbocycles. The smallest absolute Gasteiger partial charge is 0.381 e. The lowest BCUT2D eigenvalue weighted by molar-refractivity contribution is -0.137. The van der Waals surface area contributed by atoms with Crippen molar-refractivity contribution in [3.05, 3.63) is 52.7 Å². The third-order valence-electron chi connectivity index (χ3n) is 5.09. The lowest BCUT2D eigenvalue weighted by atomic mass is 9.73. The highest BCUT2D eigenvalue weighted by Crippen LogP contribution is 2.38. The van der Waals surface area contributed by atoms with Crippen molar-refractivity contribution < 1.29 is 17.9 Å². The number of halogens is 3. The van der Waals surface area contributed by atoms with Crippen molar-refractivity contribution in [3.8, 4) is 0 Å². The van der Waals surface area contributed by atoms with Crippen LogP contribution in [0.5, 0.6) is 0 Å². The standard InChI is InChI=1S/C19H22F3N3O/c1-13-10-17(25-24-14(13)2)23-12-18(6-8-26-9-7-18)15-4-3-5-16(11-15)19(20,21)22/h3-5,10-11H,6-9,12H2,1-2H3,(H,23,25). The Balaban J connectivity index is 1.88. The van der Waals surface area contributed by atoms with Crippen LogP contribution in [-0.2, 0) is 16.3 Å². The molecule has 1 N–H and O–H groups in total. The molecule has 0 radical (unpaired) electrons. The molecule has 1 aliphatic rings. The summed E-state index contributed by atoms with van der Waals surface area (Å²) in [5, 5.41) is 11.5. The zero-order valence-electron chi connectivity index (χ0n) is 14.9. The van der Waals surface area contributed by atoms with Gasteiger partial charge in [0.05, 0.1) is 11.3 Å². The van der Waals surface area contributed by atoms with E-state index in [1.165, 1.54) is 12.1 Å². The first-order valence-corrected chi connectivity index (χ1v) is 8.60. The van der Waals surface area contributed by atoms with Gasteiger partial charge in [-0.15, -0.1) is 5.10 Å². The number of ether oxygens (including phenoxy) is 1. The van der Waals surface area contributed by atoms with Gasteiger partial charge in [0.25, 0.3) is 0 Å². The Labute approximate surface area is 150 Å². The van der Waals surface area contributed by atoms with Gasteiger partial charge in [0, 0.05) is 25.2 Å². The summed E-state index contributed by atoms with van der Waals surface area (Å²) < 4.78 is 44.9. The first-order valence-electron chi connectivity index (χ1n) is 8.60. The third kappa shape index (κ3) is 3.98. The number of anilines is 1. The summed E-state index contributed by atoms with van der Waals surface area (Å²) in [6, 6.07) is 7.53. The van der Waals surface area contributed by atoms with Crippen LogP contribution in [0.4, 0.5) is 19.0 Å². The van der Waals surface area contributed by atoms with Crippen molar-refractivity contribution in [2.75, 3.05) is 25.1 Å². The van der Waals surface area contributed by atoms with Gasteiger partial charge in [-0.05, 0) is 49.9 Å². The summed E-state index contributed by atoms with van der Waals surface area (Å²) in [4.78, 5) is 0. The van der Waals surface area contributed by atoms with E-state index in [1.807, 2.05) is 19.9 Å². The Hall–Kier alpha value is -2.15. The van der Waals surface area contributed by atoms with Crippen LogP contribution in [0.1, 0.15) is 35.2 Å². The quantitative estimate of drug-likeness (QED) is 0.879. The van der Waals surface area contributed by atoms with Gasteiger partial charge >= 0.3 is 6.18 Å². The molecule has 1 aliphatic heterocycles. The van der Waals surface area contributed by atoms with Crippen LogP contribution >= 0.6 is 0 Å². The molecule has 0 atom stereocenters. The van der Waals surface area contributed by atoms with Crippen LogP contribution in [0.3, 0.4) is 0 Å². The topological polar surface area (TPSA) is 47.0 Å². The highest BCUT2D eigenvalue weighted by molar-refractivity contribution is 5.40. The predicted octanol–water partition coefficient (Wildman–Crippen LogP) is 4.27. The summed E-state index contributed by atoms with van der Waals surface area (Å²) in [6.45, 7) is 5.36. The Bertz CT molecular complexity index is 771. The summed E-state index contributed by atoms with van der Waals surface area (Å²) in [7, 11) is 0. The maximum absolute atomic E-state index is 13.1. The molecule has 0 amide bonds. The van der Waals surface area contributed by atoms with Gasteiger partial charge in [0.15, 0.2) is 0 Å². The van der Waals surface area contributed by atoms with E-state index in [2.05, 4.69) is 15.5 Å². The van der Waals surface area contributed by atoms with E-state index in [1.54, 1.807) is 6.07 Å². The van der Waals surface area contributed by atoms with Crippen molar-refractivity contribution in [1.82, 2.24) is 10.2 Å². The van der Waals surface area contributed by atoms with Gasteiger partial charge in [-0.2, -0.15) is 18.3 Å². The van der Waals surface area contributed by atoms with Gasteiger partial charge < -0.3 is 10.1 Å². The van der Waals surface area contributed by atoms with Crippen molar-refractivity contribution in [2.24, 2.45) is 0 Å². The number of nitrogens with zero attached hydrogens (tertiary/aromatic N) is 2. The minimum absolute atomic E-state index is 0.431. The van der Waals surface area contributed by atoms with Gasteiger partial charge in [-0.3, -0.25) is 0 Å². The average molecular weight is 365 g/mol. The highest BCUT2D eigenvalue weighted by Gasteiger charge is 2.37. The van der Waals surface area contributed by atoms with Gasteiger partial charge in [-0.25, -0.2) is 0 Å². The summed E-state index contributed by atoms with van der Waals surface area (Å²) in [6.07, 6.45) is -3.05. The first-order chi connectivity index (χ1) is 12.3. The molecule has 7 heteroatoms. The molecule has 140 valence electrons. The Kier molecular flexibility index (Phi) is 5.18. The van der Waals surface area contributed by atoms with Gasteiger partial charge in [-0.1, -0.05) is 18.2 Å². The van der Waals surface area contributed by atoms with Crippen LogP contribution in [0, 0.1) is 13.8 Å². The lowest BCUT2D eigenvalue weighted by Gasteiger charge is -2.38. The summed E-state index contributed by atoms with van der Waals surface area (Å²) >= 11 is 0. The van der Waals surface area contributed by atoms with E-state index in [-0.39, 0.29) is 0 Å².